The first-order valence-corrected chi connectivity index (χ1v) is 11.8. The van der Waals surface area contributed by atoms with Crippen LogP contribution in [0.3, 0.4) is 0 Å². The maximum Gasteiger partial charge on any atom is 0.259 e. The number of ether oxygens (including phenoxy) is 2. The summed E-state index contributed by atoms with van der Waals surface area (Å²) in [6.07, 6.45) is 0. The minimum absolute atomic E-state index is 0.0242. The molecule has 0 saturated carbocycles. The first-order valence-electron chi connectivity index (χ1n) is 11.8. The van der Waals surface area contributed by atoms with E-state index >= 15 is 0 Å². The van der Waals surface area contributed by atoms with E-state index in [9.17, 15) is 9.59 Å². The van der Waals surface area contributed by atoms with Crippen LogP contribution in [0.1, 0.15) is 26.6 Å². The highest BCUT2D eigenvalue weighted by Gasteiger charge is 2.26. The van der Waals surface area contributed by atoms with Crippen LogP contribution in [0.25, 0.3) is 22.2 Å². The van der Waals surface area contributed by atoms with Crippen LogP contribution in [0.4, 0.5) is 5.69 Å². The van der Waals surface area contributed by atoms with Crippen molar-refractivity contribution in [1.29, 1.82) is 0 Å². The molecule has 0 spiro atoms. The molecule has 1 fully saturated rings. The van der Waals surface area contributed by atoms with Crippen LogP contribution in [0, 0.1) is 6.92 Å². The van der Waals surface area contributed by atoms with Crippen LogP contribution in [-0.4, -0.2) is 54.7 Å². The van der Waals surface area contributed by atoms with Gasteiger partial charge in [0.1, 0.15) is 5.52 Å². The van der Waals surface area contributed by atoms with Gasteiger partial charge in [0.25, 0.3) is 11.8 Å². The number of fused-ring (bicyclic) bond motifs is 2. The molecule has 0 unspecified atom stereocenters. The van der Waals surface area contributed by atoms with E-state index in [0.717, 1.165) is 24.2 Å². The molecule has 2 aliphatic rings. The molecule has 3 aromatic carbocycles. The number of rotatable bonds is 4. The molecule has 1 saturated heterocycles. The van der Waals surface area contributed by atoms with Crippen molar-refractivity contribution in [2.75, 3.05) is 38.3 Å². The van der Waals surface area contributed by atoms with Gasteiger partial charge in [-0.3, -0.25) is 9.59 Å². The van der Waals surface area contributed by atoms with Gasteiger partial charge in [-0.2, -0.15) is 0 Å². The van der Waals surface area contributed by atoms with Gasteiger partial charge in [-0.05, 0) is 48.0 Å². The molecule has 2 aliphatic heterocycles. The first kappa shape index (κ1) is 22.1. The van der Waals surface area contributed by atoms with Crippen molar-refractivity contribution >= 4 is 28.6 Å². The number of hydrogen-bond donors (Lipinski definition) is 2. The lowest BCUT2D eigenvalue weighted by Crippen LogP contribution is -2.46. The number of amides is 2. The number of benzene rings is 3. The third-order valence-corrected chi connectivity index (χ3v) is 6.36. The maximum absolute atomic E-state index is 13.1. The molecule has 0 bridgehead atoms. The van der Waals surface area contributed by atoms with Crippen LogP contribution in [-0.2, 0) is 0 Å². The van der Waals surface area contributed by atoms with Crippen LogP contribution < -0.4 is 20.1 Å². The molecule has 36 heavy (non-hydrogen) atoms. The molecule has 2 N–H and O–H groups in total. The molecule has 3 heterocycles. The van der Waals surface area contributed by atoms with E-state index in [-0.39, 0.29) is 18.6 Å². The number of oxazole rings is 1. The number of hydrogen-bond acceptors (Lipinski definition) is 7. The van der Waals surface area contributed by atoms with Crippen molar-refractivity contribution in [3.8, 4) is 22.6 Å². The standard InChI is InChI=1S/C27H24N4O5/c1-16-29-22-14-19(6-9-23(22)36-16)30-26(32)21-8-7-20(24-25(21)35-15-34-24)17-2-4-18(5-3-17)27(33)31-12-10-28-11-13-31/h2-9,14,28H,10-13,15H2,1H3,(H,30,32). The molecule has 0 atom stereocenters. The second kappa shape index (κ2) is 9.01. The SMILES string of the molecule is Cc1nc2cc(NC(=O)c3ccc(-c4ccc(C(=O)N5CCNCC5)cc4)c4c3OCO4)ccc2o1. The van der Waals surface area contributed by atoms with Crippen molar-refractivity contribution in [2.45, 2.75) is 6.92 Å². The predicted molar refractivity (Wildman–Crippen MR) is 133 cm³/mol. The molecular formula is C27H24N4O5. The lowest BCUT2D eigenvalue weighted by atomic mass is 9.99. The summed E-state index contributed by atoms with van der Waals surface area (Å²) in [6.45, 7) is 4.82. The largest absolute Gasteiger partial charge is 0.453 e. The van der Waals surface area contributed by atoms with E-state index in [2.05, 4.69) is 15.6 Å². The fraction of sp³-hybridized carbons (Fsp3) is 0.222. The number of anilines is 1. The normalized spacial score (nSPS) is 14.8. The Morgan fingerprint density at radius 3 is 2.56 bits per heavy atom. The number of nitrogens with zero attached hydrogens (tertiary/aromatic N) is 2. The third-order valence-electron chi connectivity index (χ3n) is 6.36. The smallest absolute Gasteiger partial charge is 0.259 e. The summed E-state index contributed by atoms with van der Waals surface area (Å²) in [6, 6.07) is 16.3. The molecular weight excluding hydrogens is 460 g/mol. The van der Waals surface area contributed by atoms with Gasteiger partial charge < -0.3 is 29.4 Å². The maximum atomic E-state index is 13.1. The van der Waals surface area contributed by atoms with Crippen LogP contribution in [0.5, 0.6) is 11.5 Å². The highest BCUT2D eigenvalue weighted by molar-refractivity contribution is 6.08. The Morgan fingerprint density at radius 2 is 1.75 bits per heavy atom. The molecule has 6 rings (SSSR count). The second-order valence-electron chi connectivity index (χ2n) is 8.71. The summed E-state index contributed by atoms with van der Waals surface area (Å²) in [5, 5.41) is 6.15. The molecule has 9 nitrogen and oxygen atoms in total. The quantitative estimate of drug-likeness (QED) is 0.454. The fourth-order valence-corrected chi connectivity index (χ4v) is 4.56. The Morgan fingerprint density at radius 1 is 0.972 bits per heavy atom. The average molecular weight is 485 g/mol. The summed E-state index contributed by atoms with van der Waals surface area (Å²) < 4.78 is 16.9. The first-order chi connectivity index (χ1) is 17.6. The lowest BCUT2D eigenvalue weighted by Gasteiger charge is -2.27. The number of carbonyl (C=O) groups excluding carboxylic acids is 2. The van der Waals surface area contributed by atoms with Crippen molar-refractivity contribution in [1.82, 2.24) is 15.2 Å². The highest BCUT2D eigenvalue weighted by atomic mass is 16.7. The van der Waals surface area contributed by atoms with E-state index in [4.69, 9.17) is 13.9 Å². The number of nitrogens with one attached hydrogen (secondary N) is 2. The van der Waals surface area contributed by atoms with Crippen molar-refractivity contribution in [2.24, 2.45) is 0 Å². The molecule has 0 aliphatic carbocycles. The van der Waals surface area contributed by atoms with E-state index in [1.807, 2.05) is 35.2 Å². The Hall–Kier alpha value is -4.37. The minimum atomic E-state index is -0.320. The summed E-state index contributed by atoms with van der Waals surface area (Å²) in [5.41, 5.74) is 4.60. The van der Waals surface area contributed by atoms with Gasteiger partial charge >= 0.3 is 0 Å². The molecule has 2 amide bonds. The summed E-state index contributed by atoms with van der Waals surface area (Å²) in [4.78, 5) is 32.0. The van der Waals surface area contributed by atoms with Crippen LogP contribution in [0.15, 0.2) is 59.0 Å². The topological polar surface area (TPSA) is 106 Å². The zero-order valence-corrected chi connectivity index (χ0v) is 19.7. The van der Waals surface area contributed by atoms with E-state index < -0.39 is 0 Å². The van der Waals surface area contributed by atoms with Crippen molar-refractivity contribution in [3.05, 3.63) is 71.6 Å². The predicted octanol–water partition coefficient (Wildman–Crippen LogP) is 3.83. The van der Waals surface area contributed by atoms with E-state index in [1.54, 1.807) is 31.2 Å². The Balaban J connectivity index is 1.24. The highest BCUT2D eigenvalue weighted by Crippen LogP contribution is 2.44. The van der Waals surface area contributed by atoms with Crippen molar-refractivity contribution in [3.63, 3.8) is 0 Å². The Labute approximate surface area is 207 Å². The molecule has 182 valence electrons. The molecule has 0 radical (unpaired) electrons. The molecule has 1 aromatic heterocycles. The van der Waals surface area contributed by atoms with E-state index in [0.29, 0.717) is 58.4 Å². The van der Waals surface area contributed by atoms with Gasteiger partial charge in [-0.25, -0.2) is 4.98 Å². The fourth-order valence-electron chi connectivity index (χ4n) is 4.56. The van der Waals surface area contributed by atoms with Gasteiger partial charge in [0.2, 0.25) is 6.79 Å². The van der Waals surface area contributed by atoms with Gasteiger partial charge in [-0.15, -0.1) is 0 Å². The number of aryl methyl sites for hydroxylation is 1. The molecule has 9 heteroatoms. The zero-order chi connectivity index (χ0) is 24.6. The number of aromatic nitrogens is 1. The van der Waals surface area contributed by atoms with Gasteiger partial charge in [0.15, 0.2) is 23.0 Å². The van der Waals surface area contributed by atoms with Gasteiger partial charge in [0.05, 0.1) is 5.56 Å². The van der Waals surface area contributed by atoms with Gasteiger partial charge in [-0.1, -0.05) is 12.1 Å². The van der Waals surface area contributed by atoms with E-state index in [1.165, 1.54) is 0 Å². The third kappa shape index (κ3) is 4.03. The van der Waals surface area contributed by atoms with Crippen molar-refractivity contribution < 1.29 is 23.5 Å². The molecule has 4 aromatic rings. The Bertz CT molecular complexity index is 1470. The second-order valence-corrected chi connectivity index (χ2v) is 8.71. The number of carbonyl (C=O) groups is 2. The monoisotopic (exact) mass is 484 g/mol. The lowest BCUT2D eigenvalue weighted by molar-refractivity contribution is 0.0735. The minimum Gasteiger partial charge on any atom is -0.453 e. The van der Waals surface area contributed by atoms with Gasteiger partial charge in [0, 0.05) is 49.9 Å². The number of piperazine rings is 1. The summed E-state index contributed by atoms with van der Waals surface area (Å²) >= 11 is 0. The van der Waals surface area contributed by atoms with Crippen LogP contribution >= 0.6 is 0 Å². The zero-order valence-electron chi connectivity index (χ0n) is 19.7. The summed E-state index contributed by atoms with van der Waals surface area (Å²) in [7, 11) is 0. The van der Waals surface area contributed by atoms with Crippen LogP contribution in [0.2, 0.25) is 0 Å². The summed E-state index contributed by atoms with van der Waals surface area (Å²) in [5.74, 6) is 1.17. The Kier molecular flexibility index (Phi) is 5.54. The average Bonchev–Trinajstić information content (AvgIpc) is 3.54.